The smallest absolute Gasteiger partial charge is 0.307 e. The Kier molecular flexibility index (Phi) is 7.62. The fourth-order valence-electron chi connectivity index (χ4n) is 2.00. The molecular formula is C15H23NO4. The van der Waals surface area contributed by atoms with Crippen LogP contribution in [0, 0.1) is 0 Å². The molecule has 2 amide bonds. The molecule has 5 heteroatoms. The van der Waals surface area contributed by atoms with Crippen molar-refractivity contribution in [2.45, 2.75) is 51.9 Å². The second kappa shape index (κ2) is 9.28. The molecule has 5 nitrogen and oxygen atoms in total. The maximum atomic E-state index is 11.5. The zero-order valence-electron chi connectivity index (χ0n) is 12.1. The molecule has 1 aliphatic rings. The Bertz CT molecular complexity index is 358. The third-order valence-corrected chi connectivity index (χ3v) is 3.20. The number of amides is 2. The van der Waals surface area contributed by atoms with Crippen molar-refractivity contribution in [3.8, 4) is 0 Å². The van der Waals surface area contributed by atoms with E-state index >= 15 is 0 Å². The summed E-state index contributed by atoms with van der Waals surface area (Å²) in [6, 6.07) is 0. The number of imide groups is 1. The van der Waals surface area contributed by atoms with Gasteiger partial charge in [-0.3, -0.25) is 19.3 Å². The molecule has 0 fully saturated rings. The molecule has 0 aromatic rings. The van der Waals surface area contributed by atoms with Gasteiger partial charge in [-0.2, -0.15) is 0 Å². The first-order valence-electron chi connectivity index (χ1n) is 7.34. The highest BCUT2D eigenvalue weighted by Crippen LogP contribution is 2.06. The van der Waals surface area contributed by atoms with Gasteiger partial charge in [-0.25, -0.2) is 0 Å². The first kappa shape index (κ1) is 16.4. The Morgan fingerprint density at radius 2 is 1.65 bits per heavy atom. The molecule has 20 heavy (non-hydrogen) atoms. The number of hydrogen-bond donors (Lipinski definition) is 0. The van der Waals surface area contributed by atoms with Crippen LogP contribution < -0.4 is 0 Å². The van der Waals surface area contributed by atoms with E-state index < -0.39 is 0 Å². The largest absolute Gasteiger partial charge is 0.466 e. The molecule has 0 bridgehead atoms. The SMILES string of the molecule is CCCCCCCCOC(=O)CCN1C(=O)C=CC1=O. The summed E-state index contributed by atoms with van der Waals surface area (Å²) in [5, 5.41) is 0. The Labute approximate surface area is 120 Å². The first-order valence-corrected chi connectivity index (χ1v) is 7.34. The zero-order chi connectivity index (χ0) is 14.8. The normalized spacial score (nSPS) is 14.2. The van der Waals surface area contributed by atoms with E-state index in [-0.39, 0.29) is 30.7 Å². The molecule has 0 atom stereocenters. The summed E-state index contributed by atoms with van der Waals surface area (Å²) in [5.41, 5.74) is 0. The molecule has 0 saturated heterocycles. The number of unbranched alkanes of at least 4 members (excludes halogenated alkanes) is 5. The van der Waals surface area contributed by atoms with Crippen LogP contribution in [0.2, 0.25) is 0 Å². The molecule has 1 rings (SSSR count). The van der Waals surface area contributed by atoms with Gasteiger partial charge in [0.05, 0.1) is 13.0 Å². The predicted octanol–water partition coefficient (Wildman–Crippen LogP) is 2.21. The molecule has 0 spiro atoms. The van der Waals surface area contributed by atoms with Crippen LogP contribution in [0.1, 0.15) is 51.9 Å². The molecule has 1 aliphatic heterocycles. The lowest BCUT2D eigenvalue weighted by atomic mass is 10.1. The number of nitrogens with zero attached hydrogens (tertiary/aromatic N) is 1. The summed E-state index contributed by atoms with van der Waals surface area (Å²) in [4.78, 5) is 35.0. The molecule has 0 N–H and O–H groups in total. The van der Waals surface area contributed by atoms with Crippen LogP contribution in [0.3, 0.4) is 0 Å². The van der Waals surface area contributed by atoms with Gasteiger partial charge in [-0.05, 0) is 6.42 Å². The Hall–Kier alpha value is -1.65. The molecule has 0 unspecified atom stereocenters. The molecule has 0 aromatic heterocycles. The van der Waals surface area contributed by atoms with E-state index in [9.17, 15) is 14.4 Å². The number of carbonyl (C=O) groups is 3. The predicted molar refractivity (Wildman–Crippen MR) is 74.8 cm³/mol. The van der Waals surface area contributed by atoms with Gasteiger partial charge in [0.25, 0.3) is 11.8 Å². The van der Waals surface area contributed by atoms with Gasteiger partial charge in [0.2, 0.25) is 0 Å². The minimum atomic E-state index is -0.362. The Morgan fingerprint density at radius 3 is 2.30 bits per heavy atom. The maximum Gasteiger partial charge on any atom is 0.307 e. The van der Waals surface area contributed by atoms with E-state index in [2.05, 4.69) is 6.92 Å². The number of carbonyl (C=O) groups excluding carboxylic acids is 3. The van der Waals surface area contributed by atoms with Crippen molar-refractivity contribution < 1.29 is 19.1 Å². The Morgan fingerprint density at radius 1 is 1.05 bits per heavy atom. The van der Waals surface area contributed by atoms with Crippen molar-refractivity contribution in [2.75, 3.05) is 13.2 Å². The molecule has 0 radical (unpaired) electrons. The van der Waals surface area contributed by atoms with Gasteiger partial charge in [0.15, 0.2) is 0 Å². The number of hydrogen-bond acceptors (Lipinski definition) is 4. The molecule has 112 valence electrons. The summed E-state index contributed by atoms with van der Waals surface area (Å²) in [6.07, 6.45) is 9.32. The fraction of sp³-hybridized carbons (Fsp3) is 0.667. The van der Waals surface area contributed by atoms with E-state index in [1.165, 1.54) is 37.8 Å². The number of ether oxygens (including phenoxy) is 1. The minimum Gasteiger partial charge on any atom is -0.466 e. The van der Waals surface area contributed by atoms with Crippen molar-refractivity contribution in [1.82, 2.24) is 4.90 Å². The third-order valence-electron chi connectivity index (χ3n) is 3.20. The first-order chi connectivity index (χ1) is 9.65. The van der Waals surface area contributed by atoms with Crippen LogP contribution in [0.4, 0.5) is 0 Å². The van der Waals surface area contributed by atoms with Gasteiger partial charge in [0, 0.05) is 18.7 Å². The summed E-state index contributed by atoms with van der Waals surface area (Å²) in [7, 11) is 0. The van der Waals surface area contributed by atoms with Crippen LogP contribution in [-0.2, 0) is 19.1 Å². The van der Waals surface area contributed by atoms with Crippen molar-refractivity contribution in [3.63, 3.8) is 0 Å². The summed E-state index contributed by atoms with van der Waals surface area (Å²) in [5.74, 6) is -1.08. The standard InChI is InChI=1S/C15H23NO4/c1-2-3-4-5-6-7-12-20-15(19)10-11-16-13(17)8-9-14(16)18/h8-9H,2-7,10-12H2,1H3. The van der Waals surface area contributed by atoms with E-state index in [0.717, 1.165) is 17.7 Å². The molecule has 0 aliphatic carbocycles. The average Bonchev–Trinajstić information content (AvgIpc) is 2.75. The highest BCUT2D eigenvalue weighted by atomic mass is 16.5. The van der Waals surface area contributed by atoms with E-state index in [1.54, 1.807) is 0 Å². The van der Waals surface area contributed by atoms with Crippen LogP contribution in [-0.4, -0.2) is 35.8 Å². The highest BCUT2D eigenvalue weighted by Gasteiger charge is 2.23. The molecule has 1 heterocycles. The van der Waals surface area contributed by atoms with E-state index in [1.807, 2.05) is 0 Å². The lowest BCUT2D eigenvalue weighted by Crippen LogP contribution is -2.32. The van der Waals surface area contributed by atoms with Crippen LogP contribution >= 0.6 is 0 Å². The van der Waals surface area contributed by atoms with E-state index in [4.69, 9.17) is 4.74 Å². The molecular weight excluding hydrogens is 258 g/mol. The van der Waals surface area contributed by atoms with Gasteiger partial charge in [-0.1, -0.05) is 39.0 Å². The summed E-state index contributed by atoms with van der Waals surface area (Å²) in [6.45, 7) is 2.69. The van der Waals surface area contributed by atoms with Crippen molar-refractivity contribution in [3.05, 3.63) is 12.2 Å². The second-order valence-corrected chi connectivity index (χ2v) is 4.90. The zero-order valence-corrected chi connectivity index (χ0v) is 12.1. The molecule has 0 aromatic carbocycles. The number of rotatable bonds is 10. The Balaban J connectivity index is 2.01. The monoisotopic (exact) mass is 281 g/mol. The van der Waals surface area contributed by atoms with E-state index in [0.29, 0.717) is 6.61 Å². The van der Waals surface area contributed by atoms with Crippen LogP contribution in [0.15, 0.2) is 12.2 Å². The van der Waals surface area contributed by atoms with Crippen molar-refractivity contribution in [1.29, 1.82) is 0 Å². The fourth-order valence-corrected chi connectivity index (χ4v) is 2.00. The quantitative estimate of drug-likeness (QED) is 0.350. The third kappa shape index (κ3) is 5.99. The second-order valence-electron chi connectivity index (χ2n) is 4.90. The summed E-state index contributed by atoms with van der Waals surface area (Å²) < 4.78 is 5.07. The topological polar surface area (TPSA) is 63.7 Å². The minimum absolute atomic E-state index is 0.0645. The maximum absolute atomic E-state index is 11.5. The lowest BCUT2D eigenvalue weighted by Gasteiger charge is -2.12. The van der Waals surface area contributed by atoms with Crippen molar-refractivity contribution >= 4 is 17.8 Å². The lowest BCUT2D eigenvalue weighted by molar-refractivity contribution is -0.145. The van der Waals surface area contributed by atoms with Gasteiger partial charge in [-0.15, -0.1) is 0 Å². The van der Waals surface area contributed by atoms with Crippen molar-refractivity contribution in [2.24, 2.45) is 0 Å². The highest BCUT2D eigenvalue weighted by molar-refractivity contribution is 6.12. The van der Waals surface area contributed by atoms with Gasteiger partial charge in [0.1, 0.15) is 0 Å². The average molecular weight is 281 g/mol. The molecule has 0 saturated carbocycles. The summed E-state index contributed by atoms with van der Waals surface area (Å²) >= 11 is 0. The van der Waals surface area contributed by atoms with Crippen LogP contribution in [0.25, 0.3) is 0 Å². The van der Waals surface area contributed by atoms with Gasteiger partial charge < -0.3 is 4.74 Å². The van der Waals surface area contributed by atoms with Crippen LogP contribution in [0.5, 0.6) is 0 Å². The van der Waals surface area contributed by atoms with Gasteiger partial charge >= 0.3 is 5.97 Å². The number of esters is 1.